The van der Waals surface area contributed by atoms with Gasteiger partial charge in [-0.1, -0.05) is 41.9 Å². The minimum Gasteiger partial charge on any atom is -0.268 e. The van der Waals surface area contributed by atoms with Gasteiger partial charge >= 0.3 is 0 Å². The van der Waals surface area contributed by atoms with Crippen LogP contribution in [0.25, 0.3) is 17.0 Å². The van der Waals surface area contributed by atoms with Crippen LogP contribution in [0.4, 0.5) is 0 Å². The third kappa shape index (κ3) is 3.46. The van der Waals surface area contributed by atoms with E-state index in [2.05, 4.69) is 10.4 Å². The number of hydrogen-bond acceptors (Lipinski definition) is 3. The molecular formula is C17H12ClN3O2. The maximum atomic E-state index is 12.3. The highest BCUT2D eigenvalue weighted by Gasteiger charge is 2.06. The van der Waals surface area contributed by atoms with E-state index in [1.807, 2.05) is 30.3 Å². The first-order valence-corrected chi connectivity index (χ1v) is 7.22. The zero-order chi connectivity index (χ0) is 16.2. The van der Waals surface area contributed by atoms with Crippen LogP contribution in [0.15, 0.2) is 65.7 Å². The van der Waals surface area contributed by atoms with Crippen LogP contribution in [-0.2, 0) is 4.79 Å². The highest BCUT2D eigenvalue weighted by molar-refractivity contribution is 6.31. The van der Waals surface area contributed by atoms with E-state index in [0.29, 0.717) is 15.9 Å². The van der Waals surface area contributed by atoms with Crippen molar-refractivity contribution in [2.24, 2.45) is 0 Å². The van der Waals surface area contributed by atoms with E-state index < -0.39 is 5.91 Å². The molecule has 5 nitrogen and oxygen atoms in total. The predicted molar refractivity (Wildman–Crippen MR) is 90.9 cm³/mol. The molecule has 0 saturated carbocycles. The van der Waals surface area contributed by atoms with E-state index in [9.17, 15) is 9.59 Å². The summed E-state index contributed by atoms with van der Waals surface area (Å²) in [6.45, 7) is 0. The number of carbonyl (C=O) groups excluding carboxylic acids is 1. The Balaban J connectivity index is 1.84. The van der Waals surface area contributed by atoms with Crippen molar-refractivity contribution in [3.05, 3.63) is 81.9 Å². The zero-order valence-electron chi connectivity index (χ0n) is 11.9. The van der Waals surface area contributed by atoms with E-state index >= 15 is 0 Å². The van der Waals surface area contributed by atoms with Gasteiger partial charge in [-0.2, -0.15) is 0 Å². The van der Waals surface area contributed by atoms with E-state index in [0.717, 1.165) is 10.2 Å². The number of amides is 1. The van der Waals surface area contributed by atoms with Crippen LogP contribution >= 0.6 is 11.6 Å². The fourth-order valence-corrected chi connectivity index (χ4v) is 2.24. The standard InChI is InChI=1S/C17H12ClN3O2/c18-13-7-8-15-14(10-13)17(23)21(11-19-15)20-16(22)9-6-12-4-2-1-3-5-12/h1-11H,(H,20,22)/b9-6+. The number of fused-ring (bicyclic) bond motifs is 1. The molecule has 0 atom stereocenters. The summed E-state index contributed by atoms with van der Waals surface area (Å²) in [6, 6.07) is 14.2. The molecule has 0 aliphatic heterocycles. The number of aromatic nitrogens is 2. The van der Waals surface area contributed by atoms with E-state index in [1.165, 1.54) is 18.5 Å². The molecule has 0 spiro atoms. The summed E-state index contributed by atoms with van der Waals surface area (Å²) in [5.41, 5.74) is 3.48. The summed E-state index contributed by atoms with van der Waals surface area (Å²) in [7, 11) is 0. The second-order valence-electron chi connectivity index (χ2n) is 4.80. The molecule has 2 aromatic carbocycles. The molecular weight excluding hydrogens is 314 g/mol. The Morgan fingerprint density at radius 2 is 1.96 bits per heavy atom. The van der Waals surface area contributed by atoms with Gasteiger partial charge in [0, 0.05) is 11.1 Å². The normalized spacial score (nSPS) is 11.0. The number of hydrogen-bond donors (Lipinski definition) is 1. The predicted octanol–water partition coefficient (Wildman–Crippen LogP) is 2.83. The van der Waals surface area contributed by atoms with Crippen LogP contribution in [0, 0.1) is 0 Å². The molecule has 3 aromatic rings. The largest absolute Gasteiger partial charge is 0.280 e. The molecule has 1 heterocycles. The van der Waals surface area contributed by atoms with Crippen molar-refractivity contribution in [1.29, 1.82) is 0 Å². The fourth-order valence-electron chi connectivity index (χ4n) is 2.07. The van der Waals surface area contributed by atoms with Gasteiger partial charge in [-0.3, -0.25) is 15.0 Å². The molecule has 6 heteroatoms. The van der Waals surface area contributed by atoms with Gasteiger partial charge in [0.25, 0.3) is 11.5 Å². The minimum atomic E-state index is -0.431. The number of benzene rings is 2. The Hall–Kier alpha value is -2.92. The molecule has 0 radical (unpaired) electrons. The van der Waals surface area contributed by atoms with Gasteiger partial charge in [0.15, 0.2) is 0 Å². The summed E-state index contributed by atoms with van der Waals surface area (Å²) in [4.78, 5) is 28.4. The summed E-state index contributed by atoms with van der Waals surface area (Å²) >= 11 is 5.89. The molecule has 114 valence electrons. The summed E-state index contributed by atoms with van der Waals surface area (Å²) in [5.74, 6) is -0.431. The first kappa shape index (κ1) is 15.0. The van der Waals surface area contributed by atoms with Crippen molar-refractivity contribution in [3.8, 4) is 0 Å². The number of nitrogens with one attached hydrogen (secondary N) is 1. The monoisotopic (exact) mass is 325 g/mol. The van der Waals surface area contributed by atoms with Crippen LogP contribution in [0.5, 0.6) is 0 Å². The molecule has 3 rings (SSSR count). The van der Waals surface area contributed by atoms with Gasteiger partial charge in [0.1, 0.15) is 6.33 Å². The molecule has 0 bridgehead atoms. The van der Waals surface area contributed by atoms with Gasteiger partial charge in [-0.25, -0.2) is 9.66 Å². The molecule has 1 amide bonds. The van der Waals surface area contributed by atoms with Crippen molar-refractivity contribution in [2.45, 2.75) is 0 Å². The first-order chi connectivity index (χ1) is 11.1. The maximum absolute atomic E-state index is 12.3. The molecule has 0 unspecified atom stereocenters. The first-order valence-electron chi connectivity index (χ1n) is 6.84. The molecule has 0 fully saturated rings. The highest BCUT2D eigenvalue weighted by atomic mass is 35.5. The summed E-state index contributed by atoms with van der Waals surface area (Å²) in [5, 5.41) is 0.775. The van der Waals surface area contributed by atoms with Crippen LogP contribution in [0.3, 0.4) is 0 Å². The molecule has 0 aliphatic carbocycles. The van der Waals surface area contributed by atoms with Gasteiger partial charge < -0.3 is 0 Å². The quantitative estimate of drug-likeness (QED) is 0.753. The molecule has 0 aliphatic rings. The average molecular weight is 326 g/mol. The Kier molecular flexibility index (Phi) is 4.21. The highest BCUT2D eigenvalue weighted by Crippen LogP contribution is 2.13. The fraction of sp³-hybridized carbons (Fsp3) is 0. The van der Waals surface area contributed by atoms with Gasteiger partial charge in [0.2, 0.25) is 0 Å². The number of nitrogens with zero attached hydrogens (tertiary/aromatic N) is 2. The Labute approximate surface area is 136 Å². The lowest BCUT2D eigenvalue weighted by atomic mass is 10.2. The molecule has 23 heavy (non-hydrogen) atoms. The molecule has 1 aromatic heterocycles. The lowest BCUT2D eigenvalue weighted by Crippen LogP contribution is -2.32. The Bertz CT molecular complexity index is 949. The minimum absolute atomic E-state index is 0.340. The smallest absolute Gasteiger partial charge is 0.268 e. The van der Waals surface area contributed by atoms with Crippen molar-refractivity contribution in [2.75, 3.05) is 5.43 Å². The van der Waals surface area contributed by atoms with Gasteiger partial charge in [-0.05, 0) is 29.8 Å². The van der Waals surface area contributed by atoms with E-state index in [-0.39, 0.29) is 5.56 Å². The molecule has 0 saturated heterocycles. The van der Waals surface area contributed by atoms with Gasteiger partial charge in [-0.15, -0.1) is 0 Å². The summed E-state index contributed by atoms with van der Waals surface area (Å²) in [6.07, 6.45) is 4.28. The SMILES string of the molecule is O=C(/C=C/c1ccccc1)Nn1cnc2ccc(Cl)cc2c1=O. The number of carbonyl (C=O) groups is 1. The second kappa shape index (κ2) is 6.46. The van der Waals surface area contributed by atoms with E-state index in [4.69, 9.17) is 11.6 Å². The maximum Gasteiger partial charge on any atom is 0.280 e. The van der Waals surface area contributed by atoms with Gasteiger partial charge in [0.05, 0.1) is 10.9 Å². The van der Waals surface area contributed by atoms with Crippen LogP contribution < -0.4 is 11.0 Å². The zero-order valence-corrected chi connectivity index (χ0v) is 12.7. The molecule has 1 N–H and O–H groups in total. The Morgan fingerprint density at radius 1 is 1.17 bits per heavy atom. The van der Waals surface area contributed by atoms with Crippen LogP contribution in [0.1, 0.15) is 5.56 Å². The van der Waals surface area contributed by atoms with E-state index in [1.54, 1.807) is 18.2 Å². The van der Waals surface area contributed by atoms with Crippen LogP contribution in [0.2, 0.25) is 5.02 Å². The lowest BCUT2D eigenvalue weighted by Gasteiger charge is -2.06. The van der Waals surface area contributed by atoms with Crippen LogP contribution in [-0.4, -0.2) is 15.6 Å². The third-order valence-corrected chi connectivity index (χ3v) is 3.41. The van der Waals surface area contributed by atoms with Crippen molar-refractivity contribution >= 4 is 34.5 Å². The summed E-state index contributed by atoms with van der Waals surface area (Å²) < 4.78 is 1.04. The average Bonchev–Trinajstić information content (AvgIpc) is 2.57. The Morgan fingerprint density at radius 3 is 2.74 bits per heavy atom. The van der Waals surface area contributed by atoms with Crippen molar-refractivity contribution in [3.63, 3.8) is 0 Å². The van der Waals surface area contributed by atoms with Crippen molar-refractivity contribution in [1.82, 2.24) is 9.66 Å². The lowest BCUT2D eigenvalue weighted by molar-refractivity contribution is -0.112. The third-order valence-electron chi connectivity index (χ3n) is 3.18. The topological polar surface area (TPSA) is 64.0 Å². The number of halogens is 1. The second-order valence-corrected chi connectivity index (χ2v) is 5.24. The number of rotatable bonds is 3. The van der Waals surface area contributed by atoms with Crippen molar-refractivity contribution < 1.29 is 4.79 Å².